The Morgan fingerprint density at radius 3 is 3.04 bits per heavy atom. The van der Waals surface area contributed by atoms with Gasteiger partial charge in [-0.3, -0.25) is 14.1 Å². The van der Waals surface area contributed by atoms with E-state index in [2.05, 4.69) is 16.3 Å². The molecule has 3 aromatic rings. The number of hydrogen-bond acceptors (Lipinski definition) is 5. The fraction of sp³-hybridized carbons (Fsp3) is 0.412. The van der Waals surface area contributed by atoms with E-state index >= 15 is 0 Å². The summed E-state index contributed by atoms with van der Waals surface area (Å²) in [4.78, 5) is 21.8. The van der Waals surface area contributed by atoms with Gasteiger partial charge in [0, 0.05) is 41.7 Å². The molecule has 3 aromatic heterocycles. The Labute approximate surface area is 142 Å². The van der Waals surface area contributed by atoms with E-state index in [4.69, 9.17) is 4.98 Å². The maximum atomic E-state index is 12.2. The molecule has 1 aliphatic heterocycles. The van der Waals surface area contributed by atoms with Crippen molar-refractivity contribution in [1.82, 2.24) is 14.3 Å². The number of hydrogen-bond donors (Lipinski definition) is 0. The Morgan fingerprint density at radius 1 is 1.26 bits per heavy atom. The predicted molar refractivity (Wildman–Crippen MR) is 93.2 cm³/mol. The van der Waals surface area contributed by atoms with Gasteiger partial charge < -0.3 is 0 Å². The smallest absolute Gasteiger partial charge is 0.258 e. The highest BCUT2D eigenvalue weighted by Crippen LogP contribution is 2.48. The van der Waals surface area contributed by atoms with Crippen molar-refractivity contribution in [2.24, 2.45) is 5.92 Å². The fourth-order valence-corrected chi connectivity index (χ4v) is 5.37. The SMILES string of the molecule is O=c1cc(CN2CCc3sccc3[C@H]2C2CC2)nc2sccn12. The van der Waals surface area contributed by atoms with Gasteiger partial charge in [0.15, 0.2) is 4.96 Å². The van der Waals surface area contributed by atoms with Crippen LogP contribution in [0.1, 0.15) is 35.0 Å². The molecule has 118 valence electrons. The first-order chi connectivity index (χ1) is 11.3. The Balaban J connectivity index is 1.50. The van der Waals surface area contributed by atoms with E-state index in [-0.39, 0.29) is 5.56 Å². The van der Waals surface area contributed by atoms with Crippen molar-refractivity contribution < 1.29 is 0 Å². The second-order valence-electron chi connectivity index (χ2n) is 6.44. The van der Waals surface area contributed by atoms with Crippen molar-refractivity contribution in [3.8, 4) is 0 Å². The van der Waals surface area contributed by atoms with Crippen LogP contribution in [0.25, 0.3) is 4.96 Å². The zero-order valence-electron chi connectivity index (χ0n) is 12.6. The number of aromatic nitrogens is 2. The number of nitrogens with zero attached hydrogens (tertiary/aromatic N) is 3. The lowest BCUT2D eigenvalue weighted by Crippen LogP contribution is -2.36. The summed E-state index contributed by atoms with van der Waals surface area (Å²) in [6.07, 6.45) is 5.58. The van der Waals surface area contributed by atoms with Crippen molar-refractivity contribution in [3.63, 3.8) is 0 Å². The maximum absolute atomic E-state index is 12.2. The van der Waals surface area contributed by atoms with Crippen molar-refractivity contribution in [2.75, 3.05) is 6.54 Å². The Kier molecular flexibility index (Phi) is 3.18. The third kappa shape index (κ3) is 2.36. The van der Waals surface area contributed by atoms with E-state index in [1.54, 1.807) is 21.5 Å². The second kappa shape index (κ2) is 5.26. The molecule has 0 amide bonds. The molecule has 1 saturated carbocycles. The quantitative estimate of drug-likeness (QED) is 0.732. The standard InChI is InChI=1S/C17H17N3OS2/c21-15-9-12(18-17-20(15)6-8-23-17)10-19-5-3-14-13(4-7-22-14)16(19)11-1-2-11/h4,6-9,11,16H,1-3,5,10H2/t16-/m1/s1. The van der Waals surface area contributed by atoms with Gasteiger partial charge in [0.1, 0.15) is 0 Å². The van der Waals surface area contributed by atoms with Crippen molar-refractivity contribution >= 4 is 27.6 Å². The summed E-state index contributed by atoms with van der Waals surface area (Å²) in [5.41, 5.74) is 2.46. The van der Waals surface area contributed by atoms with E-state index in [0.717, 1.165) is 36.1 Å². The van der Waals surface area contributed by atoms with Crippen LogP contribution in [0.3, 0.4) is 0 Å². The summed E-state index contributed by atoms with van der Waals surface area (Å²) in [6.45, 7) is 1.85. The molecule has 0 bridgehead atoms. The summed E-state index contributed by atoms with van der Waals surface area (Å²) in [5, 5.41) is 4.14. The van der Waals surface area contributed by atoms with Crippen molar-refractivity contribution in [1.29, 1.82) is 0 Å². The van der Waals surface area contributed by atoms with Crippen molar-refractivity contribution in [2.45, 2.75) is 31.8 Å². The summed E-state index contributed by atoms with van der Waals surface area (Å²) in [6, 6.07) is 4.53. The first-order valence-corrected chi connectivity index (χ1v) is 9.81. The third-order valence-corrected chi connectivity index (χ3v) is 6.66. The zero-order valence-corrected chi connectivity index (χ0v) is 14.3. The molecule has 2 aliphatic rings. The molecule has 0 saturated heterocycles. The molecular formula is C17H17N3OS2. The lowest BCUT2D eigenvalue weighted by molar-refractivity contribution is 0.156. The van der Waals surface area contributed by atoms with E-state index in [1.165, 1.54) is 29.7 Å². The largest absolute Gasteiger partial charge is 0.290 e. The van der Waals surface area contributed by atoms with Crippen molar-refractivity contribution in [3.05, 3.63) is 55.6 Å². The van der Waals surface area contributed by atoms with Crippen LogP contribution in [-0.4, -0.2) is 20.8 Å². The van der Waals surface area contributed by atoms with Gasteiger partial charge in [0.25, 0.3) is 5.56 Å². The Morgan fingerprint density at radius 2 is 2.17 bits per heavy atom. The van der Waals surface area contributed by atoms with Gasteiger partial charge >= 0.3 is 0 Å². The minimum atomic E-state index is 0.0300. The lowest BCUT2D eigenvalue weighted by atomic mass is 9.96. The first kappa shape index (κ1) is 13.9. The van der Waals surface area contributed by atoms with Gasteiger partial charge in [-0.15, -0.1) is 22.7 Å². The van der Waals surface area contributed by atoms with Crippen LogP contribution >= 0.6 is 22.7 Å². The fourth-order valence-electron chi connectivity index (χ4n) is 3.72. The summed E-state index contributed by atoms with van der Waals surface area (Å²) >= 11 is 3.42. The van der Waals surface area contributed by atoms with Gasteiger partial charge in [0.2, 0.25) is 0 Å². The number of fused-ring (bicyclic) bond motifs is 2. The highest BCUT2D eigenvalue weighted by Gasteiger charge is 2.39. The van der Waals surface area contributed by atoms with Crippen LogP contribution in [0.15, 0.2) is 33.9 Å². The average Bonchev–Trinajstić information content (AvgIpc) is 3.07. The molecular weight excluding hydrogens is 326 g/mol. The molecule has 4 heterocycles. The van der Waals surface area contributed by atoms with Crippen LogP contribution in [0.4, 0.5) is 0 Å². The molecule has 4 nitrogen and oxygen atoms in total. The Hall–Kier alpha value is -1.50. The highest BCUT2D eigenvalue weighted by molar-refractivity contribution is 7.15. The summed E-state index contributed by atoms with van der Waals surface area (Å²) < 4.78 is 1.62. The molecule has 0 spiro atoms. The lowest BCUT2D eigenvalue weighted by Gasteiger charge is -2.36. The van der Waals surface area contributed by atoms with E-state index < -0.39 is 0 Å². The second-order valence-corrected chi connectivity index (χ2v) is 8.32. The number of thiophene rings is 1. The molecule has 1 fully saturated rings. The summed E-state index contributed by atoms with van der Waals surface area (Å²) in [5.74, 6) is 0.787. The number of rotatable bonds is 3. The molecule has 1 aliphatic carbocycles. The molecule has 0 unspecified atom stereocenters. The highest BCUT2D eigenvalue weighted by atomic mass is 32.1. The predicted octanol–water partition coefficient (Wildman–Crippen LogP) is 3.33. The van der Waals surface area contributed by atoms with Gasteiger partial charge in [-0.05, 0) is 42.2 Å². The monoisotopic (exact) mass is 343 g/mol. The number of thiazole rings is 1. The topological polar surface area (TPSA) is 37.6 Å². The molecule has 6 heteroatoms. The molecule has 1 atom stereocenters. The van der Waals surface area contributed by atoms with Crippen LogP contribution in [0.2, 0.25) is 0 Å². The molecule has 5 rings (SSSR count). The van der Waals surface area contributed by atoms with Gasteiger partial charge in [-0.1, -0.05) is 0 Å². The third-order valence-electron chi connectivity index (χ3n) is 4.91. The van der Waals surface area contributed by atoms with E-state index in [9.17, 15) is 4.79 Å². The van der Waals surface area contributed by atoms with Gasteiger partial charge in [-0.2, -0.15) is 0 Å². The van der Waals surface area contributed by atoms with Crippen LogP contribution in [0.5, 0.6) is 0 Å². The van der Waals surface area contributed by atoms with Crippen LogP contribution in [-0.2, 0) is 13.0 Å². The van der Waals surface area contributed by atoms with E-state index in [0.29, 0.717) is 6.04 Å². The van der Waals surface area contributed by atoms with Gasteiger partial charge in [0.05, 0.1) is 5.69 Å². The molecule has 0 N–H and O–H groups in total. The molecule has 0 radical (unpaired) electrons. The average molecular weight is 343 g/mol. The minimum Gasteiger partial charge on any atom is -0.290 e. The minimum absolute atomic E-state index is 0.0300. The van der Waals surface area contributed by atoms with Gasteiger partial charge in [-0.25, -0.2) is 4.98 Å². The summed E-state index contributed by atoms with van der Waals surface area (Å²) in [7, 11) is 0. The molecule has 23 heavy (non-hydrogen) atoms. The molecule has 0 aromatic carbocycles. The first-order valence-electron chi connectivity index (χ1n) is 8.06. The van der Waals surface area contributed by atoms with Crippen LogP contribution < -0.4 is 5.56 Å². The zero-order chi connectivity index (χ0) is 15.4. The normalized spacial score (nSPS) is 21.7. The van der Waals surface area contributed by atoms with Crippen LogP contribution in [0, 0.1) is 5.92 Å². The van der Waals surface area contributed by atoms with E-state index in [1.807, 2.05) is 16.7 Å². The maximum Gasteiger partial charge on any atom is 0.258 e. The Bertz CT molecular complexity index is 921.